The second kappa shape index (κ2) is 2.90. The molecule has 0 aliphatic carbocycles. The molecular weight excluding hydrogens is 188 g/mol. The van der Waals surface area contributed by atoms with Gasteiger partial charge in [-0.25, -0.2) is 5.01 Å². The summed E-state index contributed by atoms with van der Waals surface area (Å²) in [6, 6.07) is 0.110. The van der Waals surface area contributed by atoms with Crippen molar-refractivity contribution in [2.24, 2.45) is 11.0 Å². The van der Waals surface area contributed by atoms with Crippen LogP contribution in [0.1, 0.15) is 13.8 Å². The Kier molecular flexibility index (Phi) is 1.98. The van der Waals surface area contributed by atoms with E-state index in [0.29, 0.717) is 11.5 Å². The van der Waals surface area contributed by atoms with Gasteiger partial charge in [0.15, 0.2) is 0 Å². The van der Waals surface area contributed by atoms with Gasteiger partial charge in [0.25, 0.3) is 5.91 Å². The Morgan fingerprint density at radius 2 is 2.31 bits per heavy atom. The molecule has 5 heteroatoms. The highest BCUT2D eigenvalue weighted by molar-refractivity contribution is 7.86. The Morgan fingerprint density at radius 1 is 1.62 bits per heavy atom. The highest BCUT2D eigenvalue weighted by atomic mass is 32.2. The number of nitrogens with zero attached hydrogens (tertiary/aromatic N) is 2. The topological polar surface area (TPSA) is 49.7 Å². The van der Waals surface area contributed by atoms with Crippen LogP contribution in [0.5, 0.6) is 0 Å². The molecule has 4 nitrogen and oxygen atoms in total. The summed E-state index contributed by atoms with van der Waals surface area (Å²) in [6.45, 7) is 3.86. The monoisotopic (exact) mass is 200 g/mol. The third-order valence-electron chi connectivity index (χ3n) is 2.31. The van der Waals surface area contributed by atoms with Gasteiger partial charge in [-0.05, 0) is 13.8 Å². The van der Waals surface area contributed by atoms with Gasteiger partial charge < -0.3 is 0 Å². The van der Waals surface area contributed by atoms with E-state index in [4.69, 9.17) is 0 Å². The average Bonchev–Trinajstić information content (AvgIpc) is 2.51. The zero-order chi connectivity index (χ0) is 9.59. The number of carbonyl (C=O) groups excluding carboxylic acids is 1. The lowest BCUT2D eigenvalue weighted by Gasteiger charge is -2.17. The van der Waals surface area contributed by atoms with E-state index in [2.05, 4.69) is 5.10 Å². The molecule has 2 rings (SSSR count). The number of rotatable bonds is 1. The molecule has 2 aliphatic heterocycles. The van der Waals surface area contributed by atoms with E-state index in [9.17, 15) is 9.00 Å². The Hall–Kier alpha value is -0.710. The molecule has 0 radical (unpaired) electrons. The minimum Gasteiger partial charge on any atom is -0.272 e. The summed E-state index contributed by atoms with van der Waals surface area (Å²) in [5, 5.41) is 5.70. The van der Waals surface area contributed by atoms with Crippen LogP contribution in [0, 0.1) is 5.92 Å². The number of hydrogen-bond acceptors (Lipinski definition) is 3. The lowest BCUT2D eigenvalue weighted by atomic mass is 10.1. The summed E-state index contributed by atoms with van der Waals surface area (Å²) >= 11 is 0. The number of hydrazone groups is 1. The molecule has 2 aliphatic rings. The van der Waals surface area contributed by atoms with Crippen LogP contribution in [0.4, 0.5) is 0 Å². The van der Waals surface area contributed by atoms with Gasteiger partial charge in [-0.15, -0.1) is 0 Å². The summed E-state index contributed by atoms with van der Waals surface area (Å²) in [5.74, 6) is 0.805. The predicted octanol–water partition coefficient (Wildman–Crippen LogP) is -0.0285. The molecule has 0 spiro atoms. The van der Waals surface area contributed by atoms with Gasteiger partial charge in [-0.1, -0.05) is 0 Å². The fourth-order valence-corrected chi connectivity index (χ4v) is 3.05. The van der Waals surface area contributed by atoms with Gasteiger partial charge in [-0.3, -0.25) is 9.00 Å². The third-order valence-corrected chi connectivity index (χ3v) is 3.64. The third kappa shape index (κ3) is 1.31. The zero-order valence-corrected chi connectivity index (χ0v) is 8.50. The van der Waals surface area contributed by atoms with Crippen LogP contribution in [-0.2, 0) is 15.6 Å². The molecule has 1 fully saturated rings. The molecule has 0 bridgehead atoms. The van der Waals surface area contributed by atoms with Gasteiger partial charge in [0.2, 0.25) is 0 Å². The first kappa shape index (κ1) is 8.87. The highest BCUT2D eigenvalue weighted by Crippen LogP contribution is 2.24. The van der Waals surface area contributed by atoms with Crippen LogP contribution in [0.3, 0.4) is 0 Å². The first-order valence-electron chi connectivity index (χ1n) is 4.35. The Morgan fingerprint density at radius 3 is 2.85 bits per heavy atom. The van der Waals surface area contributed by atoms with Gasteiger partial charge in [0, 0.05) is 22.6 Å². The molecule has 1 amide bonds. The fourth-order valence-electron chi connectivity index (χ4n) is 1.64. The van der Waals surface area contributed by atoms with Crippen LogP contribution in [-0.4, -0.2) is 38.4 Å². The number of hydrogen-bond donors (Lipinski definition) is 0. The maximum Gasteiger partial charge on any atom is 0.252 e. The second-order valence-corrected chi connectivity index (χ2v) is 5.17. The molecule has 0 aromatic carbocycles. The van der Waals surface area contributed by atoms with E-state index in [-0.39, 0.29) is 17.9 Å². The van der Waals surface area contributed by atoms with Crippen molar-refractivity contribution in [3.8, 4) is 0 Å². The maximum absolute atomic E-state index is 11.7. The SMILES string of the molecule is CC(C)N1N=C2CS(=O)CC2C1=O. The lowest BCUT2D eigenvalue weighted by Crippen LogP contribution is -2.32. The minimum absolute atomic E-state index is 0.0239. The molecule has 0 aromatic heterocycles. The molecular formula is C8H12N2O2S. The highest BCUT2D eigenvalue weighted by Gasteiger charge is 2.42. The van der Waals surface area contributed by atoms with E-state index in [1.165, 1.54) is 5.01 Å². The lowest BCUT2D eigenvalue weighted by molar-refractivity contribution is -0.132. The molecule has 2 unspecified atom stereocenters. The van der Waals surface area contributed by atoms with Crippen molar-refractivity contribution in [3.05, 3.63) is 0 Å². The largest absolute Gasteiger partial charge is 0.272 e. The number of fused-ring (bicyclic) bond motifs is 1. The molecule has 0 N–H and O–H groups in total. The van der Waals surface area contributed by atoms with Crippen molar-refractivity contribution in [2.45, 2.75) is 19.9 Å². The first-order valence-corrected chi connectivity index (χ1v) is 5.84. The standard InChI is InChI=1S/C8H12N2O2S/c1-5(2)10-8(11)6-3-13(12)4-7(6)9-10/h5-6H,3-4H2,1-2H3. The first-order chi connectivity index (χ1) is 6.09. The number of amides is 1. The summed E-state index contributed by atoms with van der Waals surface area (Å²) in [7, 11) is -0.859. The molecule has 13 heavy (non-hydrogen) atoms. The Labute approximate surface area is 79.4 Å². The normalized spacial score (nSPS) is 32.7. The molecule has 2 heterocycles. The summed E-state index contributed by atoms with van der Waals surface area (Å²) < 4.78 is 11.1. The van der Waals surface area contributed by atoms with Gasteiger partial charge >= 0.3 is 0 Å². The van der Waals surface area contributed by atoms with Gasteiger partial charge in [-0.2, -0.15) is 5.10 Å². The maximum atomic E-state index is 11.7. The minimum atomic E-state index is -0.859. The molecule has 72 valence electrons. The summed E-state index contributed by atoms with van der Waals surface area (Å²) in [6.07, 6.45) is 0. The van der Waals surface area contributed by atoms with Crippen LogP contribution >= 0.6 is 0 Å². The summed E-state index contributed by atoms with van der Waals surface area (Å²) in [4.78, 5) is 11.7. The van der Waals surface area contributed by atoms with Crippen LogP contribution in [0.2, 0.25) is 0 Å². The van der Waals surface area contributed by atoms with E-state index in [1.807, 2.05) is 13.8 Å². The van der Waals surface area contributed by atoms with Crippen LogP contribution in [0.15, 0.2) is 5.10 Å². The van der Waals surface area contributed by atoms with Crippen molar-refractivity contribution in [3.63, 3.8) is 0 Å². The van der Waals surface area contributed by atoms with E-state index < -0.39 is 10.8 Å². The Bertz CT molecular complexity index is 311. The quantitative estimate of drug-likeness (QED) is 0.597. The molecule has 0 saturated carbocycles. The van der Waals surface area contributed by atoms with Crippen LogP contribution < -0.4 is 0 Å². The predicted molar refractivity (Wildman–Crippen MR) is 50.8 cm³/mol. The smallest absolute Gasteiger partial charge is 0.252 e. The fraction of sp³-hybridized carbons (Fsp3) is 0.750. The van der Waals surface area contributed by atoms with E-state index >= 15 is 0 Å². The summed E-state index contributed by atoms with van der Waals surface area (Å²) in [5.41, 5.74) is 0.817. The molecule has 1 saturated heterocycles. The van der Waals surface area contributed by atoms with Crippen molar-refractivity contribution in [1.29, 1.82) is 0 Å². The van der Waals surface area contributed by atoms with E-state index in [1.54, 1.807) is 0 Å². The van der Waals surface area contributed by atoms with Crippen molar-refractivity contribution < 1.29 is 9.00 Å². The van der Waals surface area contributed by atoms with Gasteiger partial charge in [0.1, 0.15) is 0 Å². The molecule has 2 atom stereocenters. The second-order valence-electron chi connectivity index (χ2n) is 3.67. The average molecular weight is 200 g/mol. The van der Waals surface area contributed by atoms with Crippen LogP contribution in [0.25, 0.3) is 0 Å². The molecule has 0 aromatic rings. The van der Waals surface area contributed by atoms with Gasteiger partial charge in [0.05, 0.1) is 17.4 Å². The number of carbonyl (C=O) groups is 1. The van der Waals surface area contributed by atoms with Crippen molar-refractivity contribution in [2.75, 3.05) is 11.5 Å². The zero-order valence-electron chi connectivity index (χ0n) is 7.69. The van der Waals surface area contributed by atoms with E-state index in [0.717, 1.165) is 5.71 Å². The Balaban J connectivity index is 2.25. The van der Waals surface area contributed by atoms with Crippen molar-refractivity contribution in [1.82, 2.24) is 5.01 Å². The van der Waals surface area contributed by atoms with Crippen molar-refractivity contribution >= 4 is 22.4 Å².